The zero-order valence-electron chi connectivity index (χ0n) is 16.5. The van der Waals surface area contributed by atoms with Crippen LogP contribution >= 0.6 is 40.1 Å². The fourth-order valence-electron chi connectivity index (χ4n) is 2.61. The van der Waals surface area contributed by atoms with Gasteiger partial charge in [0.05, 0.1) is 17.3 Å². The smallest absolute Gasteiger partial charge is 0.214 e. The Labute approximate surface area is 194 Å². The molecule has 0 amide bonds. The van der Waals surface area contributed by atoms with Crippen molar-refractivity contribution in [2.75, 3.05) is 26.0 Å². The average molecular weight is 513 g/mol. The fraction of sp³-hybridized carbons (Fsp3) is 0.250. The van der Waals surface area contributed by atoms with Crippen LogP contribution in [-0.2, 0) is 6.54 Å². The number of aromatic nitrogens is 4. The van der Waals surface area contributed by atoms with Crippen molar-refractivity contribution < 1.29 is 9.47 Å². The van der Waals surface area contributed by atoms with E-state index < -0.39 is 0 Å². The topological polar surface area (TPSA) is 74.1 Å². The molecule has 0 atom stereocenters. The zero-order chi connectivity index (χ0) is 20.5. The van der Waals surface area contributed by atoms with Gasteiger partial charge in [-0.2, -0.15) is 4.68 Å². The molecule has 0 saturated heterocycles. The lowest BCUT2D eigenvalue weighted by Crippen LogP contribution is -2.17. The number of halogens is 2. The van der Waals surface area contributed by atoms with Crippen molar-refractivity contribution in [3.8, 4) is 17.2 Å². The quantitative estimate of drug-likeness (QED) is 0.233. The largest absolute Gasteiger partial charge is 0.493 e. The van der Waals surface area contributed by atoms with Gasteiger partial charge >= 0.3 is 0 Å². The second-order valence-corrected chi connectivity index (χ2v) is 7.86. The molecule has 0 bridgehead atoms. The fourth-order valence-corrected chi connectivity index (χ4v) is 4.00. The van der Waals surface area contributed by atoms with Gasteiger partial charge in [0.25, 0.3) is 0 Å². The summed E-state index contributed by atoms with van der Waals surface area (Å²) in [6, 6.07) is 13.9. The van der Waals surface area contributed by atoms with E-state index in [2.05, 4.69) is 43.4 Å². The highest BCUT2D eigenvalue weighted by molar-refractivity contribution is 9.10. The van der Waals surface area contributed by atoms with E-state index in [9.17, 15) is 0 Å². The molecule has 0 saturated carbocycles. The molecule has 2 aromatic carbocycles. The van der Waals surface area contributed by atoms with E-state index >= 15 is 0 Å². The summed E-state index contributed by atoms with van der Waals surface area (Å²) in [5, 5.41) is 16.2. The first-order valence-electron chi connectivity index (χ1n) is 9.00. The molecule has 1 N–H and O–H groups in total. The molecule has 0 radical (unpaired) electrons. The number of ether oxygens (including phenoxy) is 2. The van der Waals surface area contributed by atoms with Crippen LogP contribution in [0, 0.1) is 0 Å². The first-order valence-corrected chi connectivity index (χ1v) is 10.8. The van der Waals surface area contributed by atoms with Gasteiger partial charge in [-0.25, -0.2) is 0 Å². The maximum absolute atomic E-state index is 5.66. The number of thioether (sulfide) groups is 1. The molecule has 160 valence electrons. The number of para-hydroxylation sites is 1. The summed E-state index contributed by atoms with van der Waals surface area (Å²) in [4.78, 5) is 0. The van der Waals surface area contributed by atoms with Crippen LogP contribution in [0.15, 0.2) is 64.7 Å². The van der Waals surface area contributed by atoms with E-state index in [0.29, 0.717) is 24.7 Å². The molecule has 3 aromatic rings. The van der Waals surface area contributed by atoms with E-state index in [4.69, 9.17) is 9.47 Å². The lowest BCUT2D eigenvalue weighted by Gasteiger charge is -2.14. The Hall–Kier alpha value is -2.07. The lowest BCUT2D eigenvalue weighted by molar-refractivity contribution is 0.324. The van der Waals surface area contributed by atoms with Crippen molar-refractivity contribution >= 4 is 40.1 Å². The minimum Gasteiger partial charge on any atom is -0.493 e. The van der Waals surface area contributed by atoms with Gasteiger partial charge in [0, 0.05) is 18.8 Å². The Balaban J connectivity index is 0.00000320. The van der Waals surface area contributed by atoms with E-state index in [1.54, 1.807) is 29.6 Å². The molecule has 0 fully saturated rings. The number of nitrogens with zero attached hydrogens (tertiary/aromatic N) is 4. The standard InChI is InChI=1S/C20H22BrN5O2S.ClH/c1-3-10-28-19-17(21)12-15(13-18(19)27-2)14-22-9-11-29-20-23-24-25-26(20)16-7-5-4-6-8-16;/h3-8,12-13,22H,1,9-11,14H2,2H3;1H. The van der Waals surface area contributed by atoms with E-state index in [1.165, 1.54) is 0 Å². The Kier molecular flexibility index (Phi) is 10.2. The number of methoxy groups -OCH3 is 1. The van der Waals surface area contributed by atoms with Crippen LogP contribution in [0.5, 0.6) is 11.5 Å². The van der Waals surface area contributed by atoms with Crippen LogP contribution in [-0.4, -0.2) is 46.2 Å². The van der Waals surface area contributed by atoms with Gasteiger partial charge in [-0.3, -0.25) is 0 Å². The molecule has 1 aromatic heterocycles. The summed E-state index contributed by atoms with van der Waals surface area (Å²) in [7, 11) is 1.63. The highest BCUT2D eigenvalue weighted by Crippen LogP contribution is 2.36. The van der Waals surface area contributed by atoms with Crippen LogP contribution in [0.25, 0.3) is 5.69 Å². The summed E-state index contributed by atoms with van der Waals surface area (Å²) in [6.45, 7) is 5.61. The minimum absolute atomic E-state index is 0. The zero-order valence-corrected chi connectivity index (χ0v) is 19.7. The van der Waals surface area contributed by atoms with Crippen molar-refractivity contribution in [3.63, 3.8) is 0 Å². The Morgan fingerprint density at radius 2 is 2.07 bits per heavy atom. The van der Waals surface area contributed by atoms with E-state index in [0.717, 1.165) is 33.2 Å². The van der Waals surface area contributed by atoms with Crippen molar-refractivity contribution in [3.05, 3.63) is 65.2 Å². The van der Waals surface area contributed by atoms with Gasteiger partial charge < -0.3 is 14.8 Å². The second-order valence-electron chi connectivity index (χ2n) is 5.94. The highest BCUT2D eigenvalue weighted by atomic mass is 79.9. The van der Waals surface area contributed by atoms with Gasteiger partial charge in [0.15, 0.2) is 11.5 Å². The maximum Gasteiger partial charge on any atom is 0.214 e. The third-order valence-corrected chi connectivity index (χ3v) is 5.43. The van der Waals surface area contributed by atoms with Gasteiger partial charge in [-0.15, -0.1) is 17.5 Å². The molecule has 0 spiro atoms. The SMILES string of the molecule is C=CCOc1c(Br)cc(CNCCSc2nnnn2-c2ccccc2)cc1OC.Cl. The molecule has 0 aliphatic heterocycles. The molecule has 1 heterocycles. The summed E-state index contributed by atoms with van der Waals surface area (Å²) >= 11 is 5.16. The number of hydrogen-bond donors (Lipinski definition) is 1. The minimum atomic E-state index is 0. The van der Waals surface area contributed by atoms with Crippen molar-refractivity contribution in [1.29, 1.82) is 0 Å². The number of nitrogens with one attached hydrogen (secondary N) is 1. The monoisotopic (exact) mass is 511 g/mol. The van der Waals surface area contributed by atoms with Crippen LogP contribution < -0.4 is 14.8 Å². The number of tetrazole rings is 1. The lowest BCUT2D eigenvalue weighted by atomic mass is 10.2. The summed E-state index contributed by atoms with van der Waals surface area (Å²) in [5.74, 6) is 2.21. The molecule has 0 aliphatic rings. The predicted octanol–water partition coefficient (Wildman–Crippen LogP) is 4.30. The Morgan fingerprint density at radius 1 is 1.27 bits per heavy atom. The van der Waals surface area contributed by atoms with Gasteiger partial charge in [-0.05, 0) is 56.2 Å². The first-order chi connectivity index (χ1) is 14.2. The molecule has 30 heavy (non-hydrogen) atoms. The first kappa shape index (κ1) is 24.2. The van der Waals surface area contributed by atoms with Gasteiger partial charge in [0.1, 0.15) is 6.61 Å². The molecule has 0 aliphatic carbocycles. The summed E-state index contributed by atoms with van der Waals surface area (Å²) in [5.41, 5.74) is 2.04. The normalized spacial score (nSPS) is 10.3. The molecule has 7 nitrogen and oxygen atoms in total. The molecule has 0 unspecified atom stereocenters. The van der Waals surface area contributed by atoms with Crippen LogP contribution in [0.3, 0.4) is 0 Å². The van der Waals surface area contributed by atoms with Crippen molar-refractivity contribution in [1.82, 2.24) is 25.5 Å². The highest BCUT2D eigenvalue weighted by Gasteiger charge is 2.12. The van der Waals surface area contributed by atoms with Crippen LogP contribution in [0.2, 0.25) is 0 Å². The molecular weight excluding hydrogens is 490 g/mol. The number of hydrogen-bond acceptors (Lipinski definition) is 7. The van der Waals surface area contributed by atoms with Crippen LogP contribution in [0.4, 0.5) is 0 Å². The average Bonchev–Trinajstić information content (AvgIpc) is 3.21. The number of rotatable bonds is 11. The van der Waals surface area contributed by atoms with Crippen molar-refractivity contribution in [2.45, 2.75) is 11.7 Å². The molecular formula is C20H23BrClN5O2S. The van der Waals surface area contributed by atoms with Crippen LogP contribution in [0.1, 0.15) is 5.56 Å². The van der Waals surface area contributed by atoms with E-state index in [1.807, 2.05) is 42.5 Å². The van der Waals surface area contributed by atoms with E-state index in [-0.39, 0.29) is 12.4 Å². The number of benzene rings is 2. The summed E-state index contributed by atoms with van der Waals surface area (Å²) < 4.78 is 13.7. The van der Waals surface area contributed by atoms with Crippen molar-refractivity contribution in [2.24, 2.45) is 0 Å². The third-order valence-electron chi connectivity index (χ3n) is 3.92. The maximum atomic E-state index is 5.66. The predicted molar refractivity (Wildman–Crippen MR) is 125 cm³/mol. The molecule has 3 rings (SSSR count). The molecule has 10 heteroatoms. The van der Waals surface area contributed by atoms with Gasteiger partial charge in [-0.1, -0.05) is 42.6 Å². The third kappa shape index (κ3) is 6.46. The van der Waals surface area contributed by atoms with Gasteiger partial charge in [0.2, 0.25) is 5.16 Å². The second kappa shape index (κ2) is 12.6. The summed E-state index contributed by atoms with van der Waals surface area (Å²) in [6.07, 6.45) is 1.70. The Bertz CT molecular complexity index is 942. The Morgan fingerprint density at radius 3 is 2.80 bits per heavy atom.